The van der Waals surface area contributed by atoms with Gasteiger partial charge in [-0.2, -0.15) is 5.10 Å². The SMILES string of the molecule is c1cc(-c2ccncc2)c2cc(-c3n[nH]c4cnc(-c5cncc(OC6CCNCC6)c5)cc34)[nH]c2c1. The Morgan fingerprint density at radius 2 is 1.70 bits per heavy atom. The van der Waals surface area contributed by atoms with Gasteiger partial charge in [-0.15, -0.1) is 0 Å². The highest BCUT2D eigenvalue weighted by Gasteiger charge is 2.17. The standard InChI is InChI=1S/C29H25N7O/c1-2-22(18-4-8-30-9-5-18)23-13-27(34-25(23)3-1)29-24-14-26(33-17-28(24)35-36-29)19-12-21(16-32-15-19)37-20-6-10-31-11-7-20/h1-5,8-9,12-17,20,31,34H,6-7,10-11H2,(H,35,36). The van der Waals surface area contributed by atoms with E-state index in [1.807, 2.05) is 43.0 Å². The predicted molar refractivity (Wildman–Crippen MR) is 144 cm³/mol. The van der Waals surface area contributed by atoms with Gasteiger partial charge in [0.05, 0.1) is 29.3 Å². The summed E-state index contributed by atoms with van der Waals surface area (Å²) in [4.78, 5) is 16.8. The van der Waals surface area contributed by atoms with Gasteiger partial charge in [0.2, 0.25) is 0 Å². The van der Waals surface area contributed by atoms with Crippen molar-refractivity contribution in [1.82, 2.24) is 35.5 Å². The fourth-order valence-electron chi connectivity index (χ4n) is 5.07. The molecule has 1 aromatic carbocycles. The lowest BCUT2D eigenvalue weighted by atomic mass is 10.0. The Morgan fingerprint density at radius 1 is 0.811 bits per heavy atom. The van der Waals surface area contributed by atoms with Gasteiger partial charge in [-0.05, 0) is 73.5 Å². The summed E-state index contributed by atoms with van der Waals surface area (Å²) < 4.78 is 6.21. The van der Waals surface area contributed by atoms with Gasteiger partial charge in [0.15, 0.2) is 0 Å². The van der Waals surface area contributed by atoms with Crippen LogP contribution in [0.15, 0.2) is 79.5 Å². The van der Waals surface area contributed by atoms with E-state index in [9.17, 15) is 0 Å². The molecular formula is C29H25N7O. The van der Waals surface area contributed by atoms with Crippen LogP contribution in [-0.2, 0) is 0 Å². The fraction of sp³-hybridized carbons (Fsp3) is 0.172. The van der Waals surface area contributed by atoms with Crippen molar-refractivity contribution in [3.63, 3.8) is 0 Å². The van der Waals surface area contributed by atoms with Gasteiger partial charge in [-0.25, -0.2) is 0 Å². The van der Waals surface area contributed by atoms with Gasteiger partial charge in [-0.1, -0.05) is 12.1 Å². The van der Waals surface area contributed by atoms with E-state index in [4.69, 9.17) is 4.74 Å². The first-order valence-electron chi connectivity index (χ1n) is 12.5. The van der Waals surface area contributed by atoms with Gasteiger partial charge >= 0.3 is 0 Å². The van der Waals surface area contributed by atoms with Gasteiger partial charge in [0.1, 0.15) is 17.5 Å². The zero-order chi connectivity index (χ0) is 24.6. The molecule has 182 valence electrons. The summed E-state index contributed by atoms with van der Waals surface area (Å²) >= 11 is 0. The van der Waals surface area contributed by atoms with Crippen LogP contribution in [0, 0.1) is 0 Å². The van der Waals surface area contributed by atoms with Gasteiger partial charge in [-0.3, -0.25) is 20.1 Å². The molecule has 1 aliphatic rings. The third-order valence-corrected chi connectivity index (χ3v) is 6.96. The third kappa shape index (κ3) is 4.11. The molecule has 1 fully saturated rings. The number of aromatic amines is 2. The molecule has 0 amide bonds. The summed E-state index contributed by atoms with van der Waals surface area (Å²) in [6.07, 6.45) is 11.3. The van der Waals surface area contributed by atoms with Crippen molar-refractivity contribution in [3.8, 4) is 39.5 Å². The number of piperidine rings is 1. The summed E-state index contributed by atoms with van der Waals surface area (Å²) in [6, 6.07) is 16.6. The van der Waals surface area contributed by atoms with Crippen LogP contribution in [0.3, 0.4) is 0 Å². The minimum absolute atomic E-state index is 0.216. The minimum atomic E-state index is 0.216. The Balaban J connectivity index is 1.26. The summed E-state index contributed by atoms with van der Waals surface area (Å²) in [5.74, 6) is 0.776. The number of aromatic nitrogens is 6. The molecule has 6 aromatic rings. The predicted octanol–water partition coefficient (Wildman–Crippen LogP) is 5.36. The van der Waals surface area contributed by atoms with Crippen molar-refractivity contribution in [2.24, 2.45) is 0 Å². The van der Waals surface area contributed by atoms with Gasteiger partial charge in [0.25, 0.3) is 0 Å². The molecule has 5 aromatic heterocycles. The number of rotatable bonds is 5. The number of nitrogens with zero attached hydrogens (tertiary/aromatic N) is 4. The number of nitrogens with one attached hydrogen (secondary N) is 3. The molecule has 37 heavy (non-hydrogen) atoms. The Morgan fingerprint density at radius 3 is 2.59 bits per heavy atom. The molecule has 0 atom stereocenters. The summed E-state index contributed by atoms with van der Waals surface area (Å²) in [5.41, 5.74) is 7.75. The number of ether oxygens (including phenoxy) is 1. The lowest BCUT2D eigenvalue weighted by molar-refractivity contribution is 0.162. The van der Waals surface area contributed by atoms with E-state index in [2.05, 4.69) is 65.8 Å². The zero-order valence-electron chi connectivity index (χ0n) is 20.1. The van der Waals surface area contributed by atoms with Crippen LogP contribution in [0.5, 0.6) is 5.75 Å². The van der Waals surface area contributed by atoms with Crippen LogP contribution < -0.4 is 10.1 Å². The Kier molecular flexibility index (Phi) is 5.36. The van der Waals surface area contributed by atoms with E-state index < -0.39 is 0 Å². The fourth-order valence-corrected chi connectivity index (χ4v) is 5.07. The lowest BCUT2D eigenvalue weighted by Crippen LogP contribution is -2.34. The van der Waals surface area contributed by atoms with Gasteiger partial charge < -0.3 is 15.0 Å². The van der Waals surface area contributed by atoms with Crippen molar-refractivity contribution >= 4 is 21.8 Å². The van der Waals surface area contributed by atoms with Crippen LogP contribution in [0.1, 0.15) is 12.8 Å². The van der Waals surface area contributed by atoms with E-state index in [-0.39, 0.29) is 6.10 Å². The van der Waals surface area contributed by atoms with E-state index in [0.717, 1.165) is 87.3 Å². The molecule has 1 aliphatic heterocycles. The average Bonchev–Trinajstić information content (AvgIpc) is 3.58. The number of benzene rings is 1. The molecule has 8 heteroatoms. The third-order valence-electron chi connectivity index (χ3n) is 6.96. The van der Waals surface area contributed by atoms with E-state index in [0.29, 0.717) is 0 Å². The van der Waals surface area contributed by atoms with Crippen molar-refractivity contribution in [2.75, 3.05) is 13.1 Å². The Labute approximate surface area is 213 Å². The lowest BCUT2D eigenvalue weighted by Gasteiger charge is -2.23. The van der Waals surface area contributed by atoms with Crippen LogP contribution in [0.4, 0.5) is 0 Å². The van der Waals surface area contributed by atoms with Crippen molar-refractivity contribution in [3.05, 3.63) is 79.5 Å². The molecule has 0 bridgehead atoms. The smallest absolute Gasteiger partial charge is 0.138 e. The maximum absolute atomic E-state index is 6.21. The number of pyridine rings is 3. The summed E-state index contributed by atoms with van der Waals surface area (Å²) in [5, 5.41) is 13.3. The Bertz CT molecular complexity index is 1700. The molecule has 1 saturated heterocycles. The second-order valence-electron chi connectivity index (χ2n) is 9.35. The largest absolute Gasteiger partial charge is 0.489 e. The van der Waals surface area contributed by atoms with Gasteiger partial charge in [0, 0.05) is 40.4 Å². The van der Waals surface area contributed by atoms with E-state index >= 15 is 0 Å². The van der Waals surface area contributed by atoms with Crippen LogP contribution in [0.25, 0.3) is 55.6 Å². The number of hydrogen-bond acceptors (Lipinski definition) is 6. The Hall–Kier alpha value is -4.56. The highest BCUT2D eigenvalue weighted by molar-refractivity contribution is 6.01. The highest BCUT2D eigenvalue weighted by atomic mass is 16.5. The molecule has 0 radical (unpaired) electrons. The van der Waals surface area contributed by atoms with Crippen molar-refractivity contribution in [1.29, 1.82) is 0 Å². The number of H-pyrrole nitrogens is 2. The van der Waals surface area contributed by atoms with E-state index in [1.54, 1.807) is 6.20 Å². The molecule has 3 N–H and O–H groups in total. The highest BCUT2D eigenvalue weighted by Crippen LogP contribution is 2.35. The first-order chi connectivity index (χ1) is 18.3. The maximum atomic E-state index is 6.21. The van der Waals surface area contributed by atoms with Crippen LogP contribution in [-0.4, -0.2) is 49.3 Å². The molecule has 7 rings (SSSR count). The second kappa shape index (κ2) is 9.15. The number of fused-ring (bicyclic) bond motifs is 2. The first-order valence-corrected chi connectivity index (χ1v) is 12.5. The normalized spacial score (nSPS) is 14.4. The minimum Gasteiger partial charge on any atom is -0.489 e. The molecule has 8 nitrogen and oxygen atoms in total. The first kappa shape index (κ1) is 21.7. The molecule has 6 heterocycles. The van der Waals surface area contributed by atoms with Crippen LogP contribution in [0.2, 0.25) is 0 Å². The second-order valence-corrected chi connectivity index (χ2v) is 9.35. The maximum Gasteiger partial charge on any atom is 0.138 e. The topological polar surface area (TPSA) is 104 Å². The van der Waals surface area contributed by atoms with Crippen LogP contribution >= 0.6 is 0 Å². The zero-order valence-corrected chi connectivity index (χ0v) is 20.1. The van der Waals surface area contributed by atoms with Crippen molar-refractivity contribution in [2.45, 2.75) is 18.9 Å². The molecule has 0 spiro atoms. The monoisotopic (exact) mass is 487 g/mol. The molecule has 0 unspecified atom stereocenters. The van der Waals surface area contributed by atoms with E-state index in [1.165, 1.54) is 0 Å². The summed E-state index contributed by atoms with van der Waals surface area (Å²) in [7, 11) is 0. The quantitative estimate of drug-likeness (QED) is 0.302. The average molecular weight is 488 g/mol. The molecular weight excluding hydrogens is 462 g/mol. The number of hydrogen-bond donors (Lipinski definition) is 3. The summed E-state index contributed by atoms with van der Waals surface area (Å²) in [6.45, 7) is 1.97. The van der Waals surface area contributed by atoms with Crippen molar-refractivity contribution < 1.29 is 4.74 Å². The molecule has 0 saturated carbocycles. The molecule has 0 aliphatic carbocycles.